The third-order valence-corrected chi connectivity index (χ3v) is 2.86. The molecule has 2 aromatic rings. The van der Waals surface area contributed by atoms with Gasteiger partial charge in [-0.15, -0.1) is 0 Å². The molecule has 0 saturated heterocycles. The molecule has 84 valence electrons. The lowest BCUT2D eigenvalue weighted by molar-refractivity contribution is 0.112. The van der Waals surface area contributed by atoms with Crippen LogP contribution in [0.1, 0.15) is 48.8 Å². The second-order valence-electron chi connectivity index (χ2n) is 3.87. The number of hydrogen-bond donors (Lipinski definition) is 0. The summed E-state index contributed by atoms with van der Waals surface area (Å²) in [5.74, 6) is 1.27. The minimum Gasteiger partial charge on any atom is -0.298 e. The highest BCUT2D eigenvalue weighted by Gasteiger charge is 2.13. The summed E-state index contributed by atoms with van der Waals surface area (Å²) >= 11 is 0. The summed E-state index contributed by atoms with van der Waals surface area (Å²) in [4.78, 5) is 15.1. The number of pyridine rings is 1. The fourth-order valence-corrected chi connectivity index (χ4v) is 1.81. The van der Waals surface area contributed by atoms with Gasteiger partial charge < -0.3 is 0 Å². The van der Waals surface area contributed by atoms with E-state index in [1.54, 1.807) is 16.8 Å². The summed E-state index contributed by atoms with van der Waals surface area (Å²) in [6, 6.07) is 3.58. The van der Waals surface area contributed by atoms with Gasteiger partial charge in [-0.25, -0.2) is 9.50 Å². The molecule has 0 fully saturated rings. The molecule has 0 saturated carbocycles. The standard InChI is InChI=1S/C12H15N3O/c1-3-10(4-2)12-13-11-6-5-9(8-16)7-15(11)14-12/h5-8,10H,3-4H2,1-2H3. The number of aromatic nitrogens is 3. The average molecular weight is 217 g/mol. The summed E-state index contributed by atoms with van der Waals surface area (Å²) in [5, 5.41) is 4.41. The highest BCUT2D eigenvalue weighted by molar-refractivity contribution is 5.74. The minimum atomic E-state index is 0.402. The number of carbonyl (C=O) groups is 1. The van der Waals surface area contributed by atoms with E-state index in [4.69, 9.17) is 0 Å². The minimum absolute atomic E-state index is 0.402. The monoisotopic (exact) mass is 217 g/mol. The quantitative estimate of drug-likeness (QED) is 0.739. The van der Waals surface area contributed by atoms with E-state index in [9.17, 15) is 4.79 Å². The maximum Gasteiger partial charge on any atom is 0.155 e. The lowest BCUT2D eigenvalue weighted by Gasteiger charge is -2.05. The number of carbonyl (C=O) groups excluding carboxylic acids is 1. The summed E-state index contributed by atoms with van der Waals surface area (Å²) < 4.78 is 1.68. The van der Waals surface area contributed by atoms with Crippen LogP contribution in [0, 0.1) is 0 Å². The summed E-state index contributed by atoms with van der Waals surface area (Å²) in [6.45, 7) is 4.27. The van der Waals surface area contributed by atoms with Gasteiger partial charge in [-0.2, -0.15) is 5.10 Å². The Hall–Kier alpha value is -1.71. The van der Waals surface area contributed by atoms with Crippen molar-refractivity contribution < 1.29 is 4.79 Å². The van der Waals surface area contributed by atoms with Gasteiger partial charge in [0.2, 0.25) is 0 Å². The SMILES string of the molecule is CCC(CC)c1nc2ccc(C=O)cn2n1. The Labute approximate surface area is 94.3 Å². The summed E-state index contributed by atoms with van der Waals surface area (Å²) in [6.07, 6.45) is 4.60. The first-order chi connectivity index (χ1) is 7.78. The zero-order valence-corrected chi connectivity index (χ0v) is 9.55. The first-order valence-corrected chi connectivity index (χ1v) is 5.60. The Morgan fingerprint density at radius 2 is 2.12 bits per heavy atom. The number of aldehydes is 1. The smallest absolute Gasteiger partial charge is 0.155 e. The molecule has 0 atom stereocenters. The van der Waals surface area contributed by atoms with E-state index in [1.165, 1.54) is 0 Å². The maximum absolute atomic E-state index is 10.6. The molecule has 0 N–H and O–H groups in total. The van der Waals surface area contributed by atoms with E-state index in [0.717, 1.165) is 30.6 Å². The molecule has 2 heterocycles. The number of nitrogens with zero attached hydrogens (tertiary/aromatic N) is 3. The maximum atomic E-state index is 10.6. The van der Waals surface area contributed by atoms with Crippen molar-refractivity contribution in [2.45, 2.75) is 32.6 Å². The van der Waals surface area contributed by atoms with E-state index < -0.39 is 0 Å². The van der Waals surface area contributed by atoms with Crippen molar-refractivity contribution in [3.63, 3.8) is 0 Å². The van der Waals surface area contributed by atoms with Crippen LogP contribution >= 0.6 is 0 Å². The predicted molar refractivity (Wildman–Crippen MR) is 61.7 cm³/mol. The lowest BCUT2D eigenvalue weighted by Crippen LogP contribution is -1.98. The number of fused-ring (bicyclic) bond motifs is 1. The van der Waals surface area contributed by atoms with Gasteiger partial charge in [-0.3, -0.25) is 4.79 Å². The van der Waals surface area contributed by atoms with Crippen LogP contribution in [-0.4, -0.2) is 20.9 Å². The molecule has 0 unspecified atom stereocenters. The zero-order valence-electron chi connectivity index (χ0n) is 9.55. The van der Waals surface area contributed by atoms with Gasteiger partial charge in [-0.05, 0) is 25.0 Å². The van der Waals surface area contributed by atoms with Gasteiger partial charge in [0.1, 0.15) is 0 Å². The molecule has 0 aliphatic heterocycles. The van der Waals surface area contributed by atoms with Crippen molar-refractivity contribution in [3.05, 3.63) is 29.7 Å². The van der Waals surface area contributed by atoms with Crippen LogP contribution in [0.15, 0.2) is 18.3 Å². The van der Waals surface area contributed by atoms with Gasteiger partial charge >= 0.3 is 0 Å². The Kier molecular flexibility index (Phi) is 2.99. The van der Waals surface area contributed by atoms with E-state index in [0.29, 0.717) is 11.5 Å². The van der Waals surface area contributed by atoms with E-state index >= 15 is 0 Å². The second kappa shape index (κ2) is 4.43. The molecule has 2 rings (SSSR count). The van der Waals surface area contributed by atoms with Crippen molar-refractivity contribution in [1.82, 2.24) is 14.6 Å². The predicted octanol–water partition coefficient (Wildman–Crippen LogP) is 2.45. The molecule has 0 amide bonds. The van der Waals surface area contributed by atoms with Crippen LogP contribution in [0.25, 0.3) is 5.65 Å². The number of hydrogen-bond acceptors (Lipinski definition) is 3. The largest absolute Gasteiger partial charge is 0.298 e. The Balaban J connectivity index is 2.46. The van der Waals surface area contributed by atoms with Crippen LogP contribution in [-0.2, 0) is 0 Å². The van der Waals surface area contributed by atoms with Gasteiger partial charge in [0.05, 0.1) is 0 Å². The lowest BCUT2D eigenvalue weighted by atomic mass is 10.0. The van der Waals surface area contributed by atoms with Crippen molar-refractivity contribution in [1.29, 1.82) is 0 Å². The molecule has 0 spiro atoms. The van der Waals surface area contributed by atoms with Gasteiger partial charge in [0.15, 0.2) is 17.8 Å². The summed E-state index contributed by atoms with van der Waals surface area (Å²) in [5.41, 5.74) is 1.42. The Morgan fingerprint density at radius 3 is 2.75 bits per heavy atom. The van der Waals surface area contributed by atoms with E-state index in [1.807, 2.05) is 6.07 Å². The van der Waals surface area contributed by atoms with Crippen molar-refractivity contribution in [3.8, 4) is 0 Å². The molecule has 0 aromatic carbocycles. The first kappa shape index (κ1) is 10.8. The van der Waals surface area contributed by atoms with Gasteiger partial charge in [0, 0.05) is 17.7 Å². The van der Waals surface area contributed by atoms with Crippen molar-refractivity contribution in [2.75, 3.05) is 0 Å². The highest BCUT2D eigenvalue weighted by Crippen LogP contribution is 2.20. The fourth-order valence-electron chi connectivity index (χ4n) is 1.81. The molecular weight excluding hydrogens is 202 g/mol. The molecular formula is C12H15N3O. The molecule has 2 aromatic heterocycles. The fraction of sp³-hybridized carbons (Fsp3) is 0.417. The third kappa shape index (κ3) is 1.83. The number of rotatable bonds is 4. The van der Waals surface area contributed by atoms with Crippen LogP contribution in [0.3, 0.4) is 0 Å². The van der Waals surface area contributed by atoms with Crippen LogP contribution in [0.4, 0.5) is 0 Å². The summed E-state index contributed by atoms with van der Waals surface area (Å²) in [7, 11) is 0. The van der Waals surface area contributed by atoms with E-state index in [-0.39, 0.29) is 0 Å². The topological polar surface area (TPSA) is 47.3 Å². The van der Waals surface area contributed by atoms with Crippen molar-refractivity contribution >= 4 is 11.9 Å². The van der Waals surface area contributed by atoms with Crippen molar-refractivity contribution in [2.24, 2.45) is 0 Å². The Bertz CT molecular complexity index is 500. The van der Waals surface area contributed by atoms with Crippen LogP contribution in [0.5, 0.6) is 0 Å². The van der Waals surface area contributed by atoms with Crippen LogP contribution in [0.2, 0.25) is 0 Å². The van der Waals surface area contributed by atoms with E-state index in [2.05, 4.69) is 23.9 Å². The van der Waals surface area contributed by atoms with Gasteiger partial charge in [0.25, 0.3) is 0 Å². The average Bonchev–Trinajstić information content (AvgIpc) is 2.72. The highest BCUT2D eigenvalue weighted by atomic mass is 16.1. The molecule has 4 nitrogen and oxygen atoms in total. The molecule has 0 bridgehead atoms. The zero-order chi connectivity index (χ0) is 11.5. The Morgan fingerprint density at radius 1 is 1.38 bits per heavy atom. The normalized spacial score (nSPS) is 11.2. The molecule has 0 aliphatic rings. The molecule has 0 radical (unpaired) electrons. The first-order valence-electron chi connectivity index (χ1n) is 5.60. The van der Waals surface area contributed by atoms with Crippen LogP contribution < -0.4 is 0 Å². The van der Waals surface area contributed by atoms with Gasteiger partial charge in [-0.1, -0.05) is 13.8 Å². The molecule has 16 heavy (non-hydrogen) atoms. The second-order valence-corrected chi connectivity index (χ2v) is 3.87. The molecule has 0 aliphatic carbocycles. The third-order valence-electron chi connectivity index (χ3n) is 2.86. The molecule has 4 heteroatoms.